The van der Waals surface area contributed by atoms with Gasteiger partial charge in [-0.1, -0.05) is 6.07 Å². The number of hydrogen-bond acceptors (Lipinski definition) is 5. The molecule has 0 radical (unpaired) electrons. The van der Waals surface area contributed by atoms with Crippen molar-refractivity contribution in [2.75, 3.05) is 20.8 Å². The van der Waals surface area contributed by atoms with Crippen LogP contribution < -0.4 is 18.9 Å². The SMILES string of the molecule is COc1cc(CC2=NCCc3cc(OC(C)C)c(OC)cc32)ccc1OC(C)C.Cl. The summed E-state index contributed by atoms with van der Waals surface area (Å²) in [6, 6.07) is 10.2. The minimum absolute atomic E-state index is 0. The van der Waals surface area contributed by atoms with Crippen LogP contribution in [0.5, 0.6) is 23.0 Å². The molecule has 1 aliphatic heterocycles. The summed E-state index contributed by atoms with van der Waals surface area (Å²) in [7, 11) is 3.34. The predicted molar refractivity (Wildman–Crippen MR) is 124 cm³/mol. The van der Waals surface area contributed by atoms with Gasteiger partial charge in [0.2, 0.25) is 0 Å². The van der Waals surface area contributed by atoms with Crippen molar-refractivity contribution in [3.8, 4) is 23.0 Å². The topological polar surface area (TPSA) is 49.3 Å². The number of methoxy groups -OCH3 is 2. The number of aliphatic imine (C=N–C) groups is 1. The van der Waals surface area contributed by atoms with Gasteiger partial charge in [0.05, 0.1) is 26.4 Å². The molecule has 1 aliphatic rings. The van der Waals surface area contributed by atoms with Crippen LogP contribution >= 0.6 is 12.4 Å². The van der Waals surface area contributed by atoms with Crippen molar-refractivity contribution >= 4 is 18.1 Å². The van der Waals surface area contributed by atoms with Crippen LogP contribution in [0.4, 0.5) is 0 Å². The largest absolute Gasteiger partial charge is 0.493 e. The zero-order chi connectivity index (χ0) is 21.0. The lowest BCUT2D eigenvalue weighted by Crippen LogP contribution is -2.17. The zero-order valence-corrected chi connectivity index (χ0v) is 19.5. The molecule has 0 atom stereocenters. The molecule has 3 rings (SSSR count). The summed E-state index contributed by atoms with van der Waals surface area (Å²) in [5.41, 5.74) is 4.56. The highest BCUT2D eigenvalue weighted by molar-refractivity contribution is 6.04. The standard InChI is InChI=1S/C24H31NO4.ClH/c1-15(2)28-21-8-7-17(12-22(21)26-5)11-20-19-14-23(27-6)24(29-16(3)4)13-18(19)9-10-25-20;/h7-8,12-16H,9-11H2,1-6H3;1H. The molecular weight excluding hydrogens is 402 g/mol. The molecule has 0 saturated heterocycles. The maximum absolute atomic E-state index is 5.94. The third kappa shape index (κ3) is 5.60. The Morgan fingerprint density at radius 2 is 1.47 bits per heavy atom. The maximum Gasteiger partial charge on any atom is 0.161 e. The lowest BCUT2D eigenvalue weighted by atomic mass is 9.93. The summed E-state index contributed by atoms with van der Waals surface area (Å²) >= 11 is 0. The molecule has 0 aliphatic carbocycles. The van der Waals surface area contributed by atoms with Crippen molar-refractivity contribution in [2.24, 2.45) is 4.99 Å². The third-order valence-electron chi connectivity index (χ3n) is 4.71. The number of nitrogens with zero attached hydrogens (tertiary/aromatic N) is 1. The van der Waals surface area contributed by atoms with Crippen LogP contribution in [0, 0.1) is 0 Å². The number of ether oxygens (including phenoxy) is 4. The number of benzene rings is 2. The molecule has 0 fully saturated rings. The van der Waals surface area contributed by atoms with E-state index in [-0.39, 0.29) is 24.6 Å². The van der Waals surface area contributed by atoms with E-state index in [0.717, 1.165) is 59.2 Å². The predicted octanol–water partition coefficient (Wildman–Crippen LogP) is 5.29. The molecule has 5 nitrogen and oxygen atoms in total. The van der Waals surface area contributed by atoms with E-state index in [9.17, 15) is 0 Å². The number of rotatable bonds is 8. The molecule has 164 valence electrons. The Hall–Kier alpha value is -2.40. The molecule has 1 heterocycles. The van der Waals surface area contributed by atoms with Crippen LogP contribution in [0.3, 0.4) is 0 Å². The average molecular weight is 434 g/mol. The van der Waals surface area contributed by atoms with Crippen LogP contribution in [0.1, 0.15) is 44.4 Å². The van der Waals surface area contributed by atoms with Crippen LogP contribution in [0.25, 0.3) is 0 Å². The summed E-state index contributed by atoms with van der Waals surface area (Å²) in [4.78, 5) is 4.81. The smallest absolute Gasteiger partial charge is 0.161 e. The Bertz CT molecular complexity index is 893. The second-order valence-electron chi connectivity index (χ2n) is 7.73. The van der Waals surface area contributed by atoms with Gasteiger partial charge in [0.1, 0.15) is 0 Å². The summed E-state index contributed by atoms with van der Waals surface area (Å²) in [6.07, 6.45) is 1.82. The summed E-state index contributed by atoms with van der Waals surface area (Å²) in [6.45, 7) is 8.83. The van der Waals surface area contributed by atoms with E-state index in [1.807, 2.05) is 39.8 Å². The van der Waals surface area contributed by atoms with Gasteiger partial charge in [0, 0.05) is 24.2 Å². The molecule has 2 aromatic carbocycles. The van der Waals surface area contributed by atoms with E-state index in [1.54, 1.807) is 14.2 Å². The molecule has 0 amide bonds. The van der Waals surface area contributed by atoms with E-state index in [4.69, 9.17) is 23.9 Å². The van der Waals surface area contributed by atoms with E-state index < -0.39 is 0 Å². The molecule has 6 heteroatoms. The fourth-order valence-corrected chi connectivity index (χ4v) is 3.50. The Morgan fingerprint density at radius 1 is 0.833 bits per heavy atom. The van der Waals surface area contributed by atoms with Gasteiger partial charge < -0.3 is 18.9 Å². The van der Waals surface area contributed by atoms with Crippen molar-refractivity contribution in [2.45, 2.75) is 52.7 Å². The Kier molecular flexibility index (Phi) is 8.42. The van der Waals surface area contributed by atoms with Gasteiger partial charge in [0.25, 0.3) is 0 Å². The number of halogens is 1. The van der Waals surface area contributed by atoms with Gasteiger partial charge in [0.15, 0.2) is 23.0 Å². The Morgan fingerprint density at radius 3 is 2.10 bits per heavy atom. The molecule has 0 N–H and O–H groups in total. The highest BCUT2D eigenvalue weighted by Crippen LogP contribution is 2.35. The second kappa shape index (κ2) is 10.6. The summed E-state index contributed by atoms with van der Waals surface area (Å²) < 4.78 is 22.9. The zero-order valence-electron chi connectivity index (χ0n) is 18.7. The van der Waals surface area contributed by atoms with Crippen molar-refractivity contribution in [1.82, 2.24) is 0 Å². The quantitative estimate of drug-likeness (QED) is 0.567. The fraction of sp³-hybridized carbons (Fsp3) is 0.458. The van der Waals surface area contributed by atoms with Gasteiger partial charge in [-0.25, -0.2) is 0 Å². The van der Waals surface area contributed by atoms with E-state index in [2.05, 4.69) is 18.2 Å². The van der Waals surface area contributed by atoms with E-state index in [0.29, 0.717) is 0 Å². The van der Waals surface area contributed by atoms with Crippen molar-refractivity contribution in [3.63, 3.8) is 0 Å². The highest BCUT2D eigenvalue weighted by atomic mass is 35.5. The number of hydrogen-bond donors (Lipinski definition) is 0. The molecule has 0 aromatic heterocycles. The van der Waals surface area contributed by atoms with Gasteiger partial charge in [-0.3, -0.25) is 4.99 Å². The lowest BCUT2D eigenvalue weighted by molar-refractivity contribution is 0.229. The van der Waals surface area contributed by atoms with Crippen molar-refractivity contribution in [1.29, 1.82) is 0 Å². The monoisotopic (exact) mass is 433 g/mol. The van der Waals surface area contributed by atoms with Crippen LogP contribution in [0.2, 0.25) is 0 Å². The minimum atomic E-state index is 0. The van der Waals surface area contributed by atoms with Crippen molar-refractivity contribution < 1.29 is 18.9 Å². The Labute approximate surface area is 185 Å². The maximum atomic E-state index is 5.94. The molecule has 0 spiro atoms. The minimum Gasteiger partial charge on any atom is -0.493 e. The van der Waals surface area contributed by atoms with Crippen molar-refractivity contribution in [3.05, 3.63) is 47.0 Å². The highest BCUT2D eigenvalue weighted by Gasteiger charge is 2.20. The Balaban J connectivity index is 0.00000320. The first-order chi connectivity index (χ1) is 13.9. The molecular formula is C24H32ClNO4. The summed E-state index contributed by atoms with van der Waals surface area (Å²) in [5, 5.41) is 0. The van der Waals surface area contributed by atoms with Gasteiger partial charge in [-0.15, -0.1) is 12.4 Å². The van der Waals surface area contributed by atoms with Crippen LogP contribution in [-0.4, -0.2) is 38.7 Å². The normalized spacial score (nSPS) is 12.7. The van der Waals surface area contributed by atoms with Crippen LogP contribution in [0.15, 0.2) is 35.3 Å². The number of fused-ring (bicyclic) bond motifs is 1. The molecule has 0 saturated carbocycles. The van der Waals surface area contributed by atoms with Gasteiger partial charge >= 0.3 is 0 Å². The lowest BCUT2D eigenvalue weighted by Gasteiger charge is -2.22. The second-order valence-corrected chi connectivity index (χ2v) is 7.73. The third-order valence-corrected chi connectivity index (χ3v) is 4.71. The molecule has 0 bridgehead atoms. The first-order valence-electron chi connectivity index (χ1n) is 10.2. The van der Waals surface area contributed by atoms with E-state index in [1.165, 1.54) is 5.56 Å². The summed E-state index contributed by atoms with van der Waals surface area (Å²) in [5.74, 6) is 3.03. The fourth-order valence-electron chi connectivity index (χ4n) is 3.50. The van der Waals surface area contributed by atoms with Crippen LogP contribution in [-0.2, 0) is 12.8 Å². The first-order valence-corrected chi connectivity index (χ1v) is 10.2. The van der Waals surface area contributed by atoms with E-state index >= 15 is 0 Å². The molecule has 30 heavy (non-hydrogen) atoms. The molecule has 2 aromatic rings. The van der Waals surface area contributed by atoms with Gasteiger partial charge in [-0.2, -0.15) is 0 Å². The van der Waals surface area contributed by atoms with Gasteiger partial charge in [-0.05, 0) is 69.5 Å². The molecule has 0 unspecified atom stereocenters. The first kappa shape index (κ1) is 23.9. The average Bonchev–Trinajstić information content (AvgIpc) is 2.68.